The van der Waals surface area contributed by atoms with Gasteiger partial charge < -0.3 is 14.2 Å². The number of esters is 3. The van der Waals surface area contributed by atoms with Crippen molar-refractivity contribution in [2.45, 2.75) is 213 Å². The van der Waals surface area contributed by atoms with Crippen molar-refractivity contribution in [3.8, 4) is 0 Å². The summed E-state index contributed by atoms with van der Waals surface area (Å²) in [5.41, 5.74) is 0. The molecule has 1 atom stereocenters. The van der Waals surface area contributed by atoms with Gasteiger partial charge in [0.05, 0.1) is 0 Å². The first-order valence-corrected chi connectivity index (χ1v) is 23.6. The first-order chi connectivity index (χ1) is 28.5. The molecule has 0 aliphatic carbocycles. The normalized spacial score (nSPS) is 12.8. The van der Waals surface area contributed by atoms with Crippen molar-refractivity contribution >= 4 is 17.9 Å². The van der Waals surface area contributed by atoms with Crippen LogP contribution in [0.4, 0.5) is 0 Å². The van der Waals surface area contributed by atoms with Crippen LogP contribution in [0.15, 0.2) is 85.1 Å². The van der Waals surface area contributed by atoms with Gasteiger partial charge in [-0.25, -0.2) is 0 Å². The van der Waals surface area contributed by atoms with Gasteiger partial charge in [-0.15, -0.1) is 0 Å². The summed E-state index contributed by atoms with van der Waals surface area (Å²) in [5, 5.41) is 0. The molecule has 58 heavy (non-hydrogen) atoms. The number of rotatable bonds is 41. The number of carbonyl (C=O) groups excluding carboxylic acids is 3. The predicted molar refractivity (Wildman–Crippen MR) is 247 cm³/mol. The molecule has 0 aliphatic heterocycles. The van der Waals surface area contributed by atoms with Crippen molar-refractivity contribution in [2.75, 3.05) is 13.2 Å². The van der Waals surface area contributed by atoms with Crippen LogP contribution < -0.4 is 0 Å². The number of carbonyl (C=O) groups is 3. The maximum atomic E-state index is 12.7. The van der Waals surface area contributed by atoms with Crippen molar-refractivity contribution in [3.05, 3.63) is 85.1 Å². The Morgan fingerprint density at radius 2 is 0.707 bits per heavy atom. The van der Waals surface area contributed by atoms with Gasteiger partial charge in [-0.3, -0.25) is 14.4 Å². The highest BCUT2D eigenvalue weighted by Crippen LogP contribution is 2.13. The van der Waals surface area contributed by atoms with Gasteiger partial charge >= 0.3 is 17.9 Å². The maximum Gasteiger partial charge on any atom is 0.306 e. The van der Waals surface area contributed by atoms with Crippen LogP contribution in [0, 0.1) is 0 Å². The van der Waals surface area contributed by atoms with Crippen LogP contribution in [0.25, 0.3) is 0 Å². The molecule has 6 nitrogen and oxygen atoms in total. The van der Waals surface area contributed by atoms with Crippen molar-refractivity contribution in [1.82, 2.24) is 0 Å². The Morgan fingerprint density at radius 1 is 0.362 bits per heavy atom. The van der Waals surface area contributed by atoms with Gasteiger partial charge in [0.15, 0.2) is 6.10 Å². The second-order valence-electron chi connectivity index (χ2n) is 15.3. The van der Waals surface area contributed by atoms with Crippen LogP contribution in [0.2, 0.25) is 0 Å². The van der Waals surface area contributed by atoms with E-state index in [-0.39, 0.29) is 31.1 Å². The highest BCUT2D eigenvalue weighted by molar-refractivity contribution is 5.71. The van der Waals surface area contributed by atoms with Crippen LogP contribution in [0.1, 0.15) is 207 Å². The van der Waals surface area contributed by atoms with E-state index in [2.05, 4.69) is 106 Å². The molecule has 0 saturated heterocycles. The van der Waals surface area contributed by atoms with E-state index in [1.165, 1.54) is 51.4 Å². The lowest BCUT2D eigenvalue weighted by Crippen LogP contribution is -2.30. The molecule has 0 amide bonds. The van der Waals surface area contributed by atoms with Crippen LogP contribution in [-0.4, -0.2) is 37.2 Å². The van der Waals surface area contributed by atoms with E-state index >= 15 is 0 Å². The Morgan fingerprint density at radius 3 is 1.17 bits per heavy atom. The number of unbranched alkanes of at least 4 members (excludes halogenated alkanes) is 16. The molecular weight excluding hydrogens is 721 g/mol. The molecule has 0 radical (unpaired) electrons. The van der Waals surface area contributed by atoms with Gasteiger partial charge in [0.25, 0.3) is 0 Å². The Hall–Kier alpha value is -3.41. The number of allylic oxidation sites excluding steroid dienone is 14. The lowest BCUT2D eigenvalue weighted by molar-refractivity contribution is -0.167. The molecule has 0 N–H and O–H groups in total. The van der Waals surface area contributed by atoms with Crippen molar-refractivity contribution in [1.29, 1.82) is 0 Å². The molecule has 0 bridgehead atoms. The highest BCUT2D eigenvalue weighted by Gasteiger charge is 2.19. The quantitative estimate of drug-likeness (QED) is 0.0265. The van der Waals surface area contributed by atoms with Gasteiger partial charge in [0, 0.05) is 19.3 Å². The minimum Gasteiger partial charge on any atom is -0.462 e. The van der Waals surface area contributed by atoms with Crippen LogP contribution in [0.5, 0.6) is 0 Å². The Kier molecular flexibility index (Phi) is 43.6. The van der Waals surface area contributed by atoms with Crippen LogP contribution in [-0.2, 0) is 28.6 Å². The summed E-state index contributed by atoms with van der Waals surface area (Å²) in [7, 11) is 0. The zero-order valence-electron chi connectivity index (χ0n) is 37.5. The average molecular weight is 807 g/mol. The predicted octanol–water partition coefficient (Wildman–Crippen LogP) is 15.3. The molecule has 1 unspecified atom stereocenters. The monoisotopic (exact) mass is 807 g/mol. The highest BCUT2D eigenvalue weighted by atomic mass is 16.6. The second-order valence-corrected chi connectivity index (χ2v) is 15.3. The molecule has 0 aliphatic rings. The summed E-state index contributed by atoms with van der Waals surface area (Å²) in [6.45, 7) is 6.37. The number of ether oxygens (including phenoxy) is 3. The molecular formula is C52H86O6. The Balaban J connectivity index is 4.39. The fourth-order valence-corrected chi connectivity index (χ4v) is 6.09. The first kappa shape index (κ1) is 54.6. The van der Waals surface area contributed by atoms with Gasteiger partial charge in [-0.05, 0) is 89.9 Å². The molecule has 0 heterocycles. The van der Waals surface area contributed by atoms with E-state index < -0.39 is 6.10 Å². The second kappa shape index (κ2) is 46.3. The Labute approximate surface area is 356 Å². The summed E-state index contributed by atoms with van der Waals surface area (Å²) in [6, 6.07) is 0. The van der Waals surface area contributed by atoms with E-state index in [4.69, 9.17) is 14.2 Å². The van der Waals surface area contributed by atoms with Crippen molar-refractivity contribution < 1.29 is 28.6 Å². The van der Waals surface area contributed by atoms with E-state index in [1.807, 2.05) is 0 Å². The summed E-state index contributed by atoms with van der Waals surface area (Å²) >= 11 is 0. The first-order valence-electron chi connectivity index (χ1n) is 23.6. The van der Waals surface area contributed by atoms with Crippen molar-refractivity contribution in [3.63, 3.8) is 0 Å². The van der Waals surface area contributed by atoms with Gasteiger partial charge in [-0.1, -0.05) is 183 Å². The van der Waals surface area contributed by atoms with Gasteiger partial charge in [0.2, 0.25) is 0 Å². The summed E-state index contributed by atoms with van der Waals surface area (Å²) in [6.07, 6.45) is 58.6. The van der Waals surface area contributed by atoms with E-state index in [9.17, 15) is 14.4 Å². The maximum absolute atomic E-state index is 12.7. The minimum absolute atomic E-state index is 0.0937. The average Bonchev–Trinajstić information content (AvgIpc) is 3.22. The van der Waals surface area contributed by atoms with Crippen molar-refractivity contribution in [2.24, 2.45) is 0 Å². The molecule has 0 saturated carbocycles. The molecule has 0 fully saturated rings. The summed E-state index contributed by atoms with van der Waals surface area (Å²) in [5.74, 6) is -0.960. The molecule has 0 aromatic heterocycles. The molecule has 0 spiro atoms. The van der Waals surface area contributed by atoms with Crippen LogP contribution >= 0.6 is 0 Å². The van der Waals surface area contributed by atoms with Gasteiger partial charge in [0.1, 0.15) is 13.2 Å². The third-order valence-electron chi connectivity index (χ3n) is 9.61. The topological polar surface area (TPSA) is 78.9 Å². The summed E-state index contributed by atoms with van der Waals surface area (Å²) < 4.78 is 16.6. The zero-order chi connectivity index (χ0) is 42.3. The largest absolute Gasteiger partial charge is 0.462 e. The molecule has 0 aromatic carbocycles. The Bertz CT molecular complexity index is 1160. The molecule has 0 aromatic rings. The number of hydrogen-bond acceptors (Lipinski definition) is 6. The lowest BCUT2D eigenvalue weighted by atomic mass is 10.1. The molecule has 6 heteroatoms. The summed E-state index contributed by atoms with van der Waals surface area (Å²) in [4.78, 5) is 37.7. The van der Waals surface area contributed by atoms with E-state index in [1.54, 1.807) is 0 Å². The minimum atomic E-state index is -0.794. The third-order valence-corrected chi connectivity index (χ3v) is 9.61. The smallest absolute Gasteiger partial charge is 0.306 e. The van der Waals surface area contributed by atoms with Crippen LogP contribution in [0.3, 0.4) is 0 Å². The third kappa shape index (κ3) is 43.7. The van der Waals surface area contributed by atoms with E-state index in [0.717, 1.165) is 116 Å². The molecule has 330 valence electrons. The lowest BCUT2D eigenvalue weighted by Gasteiger charge is -2.18. The number of hydrogen-bond donors (Lipinski definition) is 0. The SMILES string of the molecule is CC/C=C\C/C=C\C/C=C\C/C=C\C/C=C\C/C=C\CCCCC(=O)OCC(COC(=O)CCCCCCCCCCC)OC(=O)CCCCCCC/C=C\CCC. The standard InChI is InChI=1S/C52H86O6/c1-4-7-10-13-16-19-21-22-23-24-25-26-27-28-29-30-31-34-36-39-42-45-51(54)57-48-49(47-56-50(53)44-41-38-35-32-18-15-12-9-6-3)58-52(55)46-43-40-37-33-20-17-14-11-8-5-2/h7,10-11,14,16,19,22-23,25-26,28-29,31,34,49H,4-6,8-9,12-13,15,17-18,20-21,24,27,30,32-33,35-48H2,1-3H3/b10-7-,14-11-,19-16-,23-22-,26-25-,29-28-,34-31-. The fourth-order valence-electron chi connectivity index (χ4n) is 6.09. The van der Waals surface area contributed by atoms with E-state index in [0.29, 0.717) is 19.3 Å². The zero-order valence-corrected chi connectivity index (χ0v) is 37.5. The van der Waals surface area contributed by atoms with Gasteiger partial charge in [-0.2, -0.15) is 0 Å². The molecule has 0 rings (SSSR count). The fraction of sp³-hybridized carbons (Fsp3) is 0.673.